The summed E-state index contributed by atoms with van der Waals surface area (Å²) in [5.74, 6) is 0. The van der Waals surface area contributed by atoms with Crippen molar-refractivity contribution in [1.82, 2.24) is 5.32 Å². The fraction of sp³-hybridized carbons (Fsp3) is 0.500. The summed E-state index contributed by atoms with van der Waals surface area (Å²) >= 11 is 0. The highest BCUT2D eigenvalue weighted by atomic mass is 16.5. The molecule has 0 aliphatic carbocycles. The number of hydrogen-bond donors (Lipinski definition) is 1. The van der Waals surface area contributed by atoms with Crippen LogP contribution in [-0.4, -0.2) is 26.8 Å². The third kappa shape index (κ3) is 5.03. The molecule has 2 heteroatoms. The van der Waals surface area contributed by atoms with Crippen LogP contribution >= 0.6 is 0 Å². The summed E-state index contributed by atoms with van der Waals surface area (Å²) in [6, 6.07) is 8.62. The van der Waals surface area contributed by atoms with E-state index in [1.807, 2.05) is 0 Å². The molecule has 1 aromatic carbocycles. The predicted molar refractivity (Wildman–Crippen MR) is 78.8 cm³/mol. The molecule has 0 aliphatic rings. The van der Waals surface area contributed by atoms with E-state index in [4.69, 9.17) is 4.74 Å². The van der Waals surface area contributed by atoms with Crippen LogP contribution in [0.5, 0.6) is 0 Å². The number of nitrogens with one attached hydrogen (secondary N) is 1. The molecule has 0 aromatic heterocycles. The van der Waals surface area contributed by atoms with Crippen molar-refractivity contribution in [3.05, 3.63) is 41.0 Å². The van der Waals surface area contributed by atoms with Gasteiger partial charge >= 0.3 is 0 Å². The van der Waals surface area contributed by atoms with Crippen molar-refractivity contribution in [3.63, 3.8) is 0 Å². The highest BCUT2D eigenvalue weighted by Gasteiger charge is 1.99. The first-order valence-electron chi connectivity index (χ1n) is 6.78. The van der Waals surface area contributed by atoms with Gasteiger partial charge in [-0.3, -0.25) is 0 Å². The van der Waals surface area contributed by atoms with E-state index >= 15 is 0 Å². The Morgan fingerprint density at radius 3 is 2.72 bits per heavy atom. The summed E-state index contributed by atoms with van der Waals surface area (Å²) < 4.78 is 5.03. The summed E-state index contributed by atoms with van der Waals surface area (Å²) in [5.41, 5.74) is 4.21. The van der Waals surface area contributed by atoms with E-state index in [0.717, 1.165) is 32.5 Å². The highest BCUT2D eigenvalue weighted by molar-refractivity contribution is 5.57. The van der Waals surface area contributed by atoms with Crippen molar-refractivity contribution in [2.24, 2.45) is 0 Å². The van der Waals surface area contributed by atoms with Crippen LogP contribution in [0.25, 0.3) is 6.08 Å². The summed E-state index contributed by atoms with van der Waals surface area (Å²) in [6.45, 7) is 7.03. The topological polar surface area (TPSA) is 21.3 Å². The molecule has 0 saturated carbocycles. The molecule has 0 spiro atoms. The lowest BCUT2D eigenvalue weighted by atomic mass is 10.0. The first-order valence-corrected chi connectivity index (χ1v) is 6.78. The van der Waals surface area contributed by atoms with E-state index in [0.29, 0.717) is 0 Å². The molecule has 0 heterocycles. The first-order chi connectivity index (χ1) is 8.81. The lowest BCUT2D eigenvalue weighted by molar-refractivity contribution is 0.200. The number of rotatable bonds is 8. The zero-order chi connectivity index (χ0) is 13.2. The summed E-state index contributed by atoms with van der Waals surface area (Å²) in [6.07, 6.45) is 4.48. The van der Waals surface area contributed by atoms with Gasteiger partial charge in [-0.15, -0.1) is 0 Å². The Kier molecular flexibility index (Phi) is 7.38. The lowest BCUT2D eigenvalue weighted by Crippen LogP contribution is -2.21. The minimum atomic E-state index is 0.766. The standard InChI is InChI=1S/C16H25NO/c1-4-14(13-17-10-11-18-3)12-16-9-7-6-8-15(16)5-2/h6-9,12,17H,4-5,10-11,13H2,1-3H3. The van der Waals surface area contributed by atoms with Gasteiger partial charge in [0.1, 0.15) is 0 Å². The molecule has 2 nitrogen and oxygen atoms in total. The molecule has 0 fully saturated rings. The minimum Gasteiger partial charge on any atom is -0.383 e. The number of methoxy groups -OCH3 is 1. The van der Waals surface area contributed by atoms with E-state index in [1.165, 1.54) is 16.7 Å². The molecule has 0 bridgehead atoms. The zero-order valence-corrected chi connectivity index (χ0v) is 11.8. The van der Waals surface area contributed by atoms with E-state index in [9.17, 15) is 0 Å². The van der Waals surface area contributed by atoms with Gasteiger partial charge in [0.2, 0.25) is 0 Å². The lowest BCUT2D eigenvalue weighted by Gasteiger charge is -2.09. The Balaban J connectivity index is 2.65. The molecule has 0 atom stereocenters. The van der Waals surface area contributed by atoms with Crippen molar-refractivity contribution in [3.8, 4) is 0 Å². The number of hydrogen-bond acceptors (Lipinski definition) is 2. The van der Waals surface area contributed by atoms with Crippen LogP contribution in [-0.2, 0) is 11.2 Å². The molecule has 18 heavy (non-hydrogen) atoms. The number of ether oxygens (including phenoxy) is 1. The Hall–Kier alpha value is -1.12. The summed E-state index contributed by atoms with van der Waals surface area (Å²) in [7, 11) is 1.73. The molecule has 1 aromatic rings. The molecule has 0 unspecified atom stereocenters. The second-order valence-corrected chi connectivity index (χ2v) is 4.38. The van der Waals surface area contributed by atoms with Crippen LogP contribution in [0.1, 0.15) is 31.4 Å². The number of aryl methyl sites for hydroxylation is 1. The SMILES string of the molecule is CCC(=Cc1ccccc1CC)CNCCOC. The smallest absolute Gasteiger partial charge is 0.0587 e. The summed E-state index contributed by atoms with van der Waals surface area (Å²) in [4.78, 5) is 0. The largest absolute Gasteiger partial charge is 0.383 e. The second kappa shape index (κ2) is 8.90. The normalized spacial score (nSPS) is 11.8. The van der Waals surface area contributed by atoms with Gasteiger partial charge in [-0.2, -0.15) is 0 Å². The fourth-order valence-corrected chi connectivity index (χ4v) is 1.92. The second-order valence-electron chi connectivity index (χ2n) is 4.38. The third-order valence-corrected chi connectivity index (χ3v) is 3.08. The maximum absolute atomic E-state index is 5.03. The van der Waals surface area contributed by atoms with E-state index in [2.05, 4.69) is 49.5 Å². The van der Waals surface area contributed by atoms with Gasteiger partial charge in [-0.25, -0.2) is 0 Å². The van der Waals surface area contributed by atoms with Crippen molar-refractivity contribution in [2.45, 2.75) is 26.7 Å². The van der Waals surface area contributed by atoms with Crippen molar-refractivity contribution in [2.75, 3.05) is 26.8 Å². The van der Waals surface area contributed by atoms with E-state index in [1.54, 1.807) is 7.11 Å². The average molecular weight is 247 g/mol. The van der Waals surface area contributed by atoms with Crippen LogP contribution < -0.4 is 5.32 Å². The van der Waals surface area contributed by atoms with Crippen LogP contribution in [0, 0.1) is 0 Å². The third-order valence-electron chi connectivity index (χ3n) is 3.08. The minimum absolute atomic E-state index is 0.766. The molecule has 0 radical (unpaired) electrons. The monoisotopic (exact) mass is 247 g/mol. The molecule has 1 N–H and O–H groups in total. The van der Waals surface area contributed by atoms with Crippen molar-refractivity contribution >= 4 is 6.08 Å². The quantitative estimate of drug-likeness (QED) is 0.712. The van der Waals surface area contributed by atoms with E-state index in [-0.39, 0.29) is 0 Å². The Morgan fingerprint density at radius 2 is 2.06 bits per heavy atom. The molecule has 0 aliphatic heterocycles. The molecule has 0 amide bonds. The zero-order valence-electron chi connectivity index (χ0n) is 11.8. The van der Waals surface area contributed by atoms with Crippen LogP contribution in [0.2, 0.25) is 0 Å². The first kappa shape index (κ1) is 14.9. The molecule has 0 saturated heterocycles. The Morgan fingerprint density at radius 1 is 1.28 bits per heavy atom. The average Bonchev–Trinajstić information content (AvgIpc) is 2.42. The van der Waals surface area contributed by atoms with Gasteiger partial charge in [0.15, 0.2) is 0 Å². The van der Waals surface area contributed by atoms with Crippen LogP contribution in [0.3, 0.4) is 0 Å². The fourth-order valence-electron chi connectivity index (χ4n) is 1.92. The van der Waals surface area contributed by atoms with Gasteiger partial charge in [0, 0.05) is 20.2 Å². The molecule has 100 valence electrons. The van der Waals surface area contributed by atoms with Gasteiger partial charge in [0.05, 0.1) is 6.61 Å². The summed E-state index contributed by atoms with van der Waals surface area (Å²) in [5, 5.41) is 3.40. The molecular weight excluding hydrogens is 222 g/mol. The molecular formula is C16H25NO. The van der Waals surface area contributed by atoms with Gasteiger partial charge in [0.25, 0.3) is 0 Å². The van der Waals surface area contributed by atoms with Gasteiger partial charge < -0.3 is 10.1 Å². The predicted octanol–water partition coefficient (Wildman–Crippen LogP) is 3.28. The Labute approximate surface area is 111 Å². The molecule has 1 rings (SSSR count). The Bertz CT molecular complexity index is 371. The highest BCUT2D eigenvalue weighted by Crippen LogP contribution is 2.14. The van der Waals surface area contributed by atoms with Gasteiger partial charge in [-0.05, 0) is 24.0 Å². The van der Waals surface area contributed by atoms with Crippen LogP contribution in [0.4, 0.5) is 0 Å². The maximum Gasteiger partial charge on any atom is 0.0587 e. The number of benzene rings is 1. The van der Waals surface area contributed by atoms with Crippen molar-refractivity contribution < 1.29 is 4.74 Å². The van der Waals surface area contributed by atoms with E-state index < -0.39 is 0 Å². The van der Waals surface area contributed by atoms with Crippen molar-refractivity contribution in [1.29, 1.82) is 0 Å². The van der Waals surface area contributed by atoms with Gasteiger partial charge in [-0.1, -0.05) is 49.8 Å². The van der Waals surface area contributed by atoms with Crippen LogP contribution in [0.15, 0.2) is 29.8 Å². The maximum atomic E-state index is 5.03.